The molecular formula is C36H32N12O18S6. The number of hydrogen-bond donors (Lipinski definition) is 9. The highest BCUT2D eigenvalue weighted by molar-refractivity contribution is 8.04. The van der Waals surface area contributed by atoms with E-state index in [0.29, 0.717) is 16.7 Å². The molecule has 0 saturated carbocycles. The number of sulfone groups is 1. The SMILES string of the molecule is CC(=O)Nc1cc(N=Nc2ccc(Nc3nc(Nc4ccc(S(=O)(=O)CCOS(=O)(=O)O)cc4)nc(SCC(=O)O)n3)cc2NC(N)=O)c(S(=O)(=O)O)cc1N=Nc1ccc(SC#COOS(=O)(=O)O)cc1. The number of hydrogen-bond acceptors (Lipinski definition) is 25. The van der Waals surface area contributed by atoms with Gasteiger partial charge >= 0.3 is 32.8 Å². The Hall–Kier alpha value is -7.44. The van der Waals surface area contributed by atoms with Gasteiger partial charge in [0.2, 0.25) is 17.8 Å². The first-order valence-electron chi connectivity index (χ1n) is 18.9. The van der Waals surface area contributed by atoms with Crippen molar-refractivity contribution in [3.63, 3.8) is 0 Å². The number of primary amides is 1. The van der Waals surface area contributed by atoms with Crippen LogP contribution in [-0.2, 0) is 63.7 Å². The summed E-state index contributed by atoms with van der Waals surface area (Å²) in [5, 5.41) is 38.0. The van der Waals surface area contributed by atoms with Crippen LogP contribution < -0.4 is 27.0 Å². The summed E-state index contributed by atoms with van der Waals surface area (Å²) < 4.78 is 128. The highest BCUT2D eigenvalue weighted by Crippen LogP contribution is 2.39. The van der Waals surface area contributed by atoms with Crippen LogP contribution in [0.25, 0.3) is 0 Å². The molecule has 30 nitrogen and oxygen atoms in total. The number of urea groups is 1. The molecular weight excluding hydrogens is 1080 g/mol. The van der Waals surface area contributed by atoms with Crippen LogP contribution in [0.3, 0.4) is 0 Å². The molecule has 10 N–H and O–H groups in total. The number of azo groups is 2. The summed E-state index contributed by atoms with van der Waals surface area (Å²) in [5.74, 6) is -3.47. The van der Waals surface area contributed by atoms with Gasteiger partial charge in [-0.3, -0.25) is 28.1 Å². The first-order chi connectivity index (χ1) is 33.7. The maximum atomic E-state index is 12.6. The number of nitrogens with two attached hydrogens (primary N) is 1. The molecule has 1 heterocycles. The van der Waals surface area contributed by atoms with Crippen molar-refractivity contribution in [2.75, 3.05) is 39.4 Å². The Morgan fingerprint density at radius 1 is 0.722 bits per heavy atom. The number of rotatable bonds is 22. The van der Waals surface area contributed by atoms with Crippen LogP contribution in [0.5, 0.6) is 0 Å². The lowest BCUT2D eigenvalue weighted by Gasteiger charge is -2.12. The van der Waals surface area contributed by atoms with E-state index in [-0.39, 0.29) is 61.8 Å². The number of carbonyl (C=O) groups excluding carboxylic acids is 2. The van der Waals surface area contributed by atoms with Gasteiger partial charge in [0.05, 0.1) is 40.1 Å². The van der Waals surface area contributed by atoms with E-state index in [1.165, 1.54) is 66.7 Å². The van der Waals surface area contributed by atoms with Crippen molar-refractivity contribution in [3.8, 4) is 11.4 Å². The van der Waals surface area contributed by atoms with Crippen LogP contribution in [0.15, 0.2) is 119 Å². The molecule has 36 heteroatoms. The monoisotopic (exact) mass is 1110 g/mol. The van der Waals surface area contributed by atoms with E-state index in [1.807, 2.05) is 6.11 Å². The first kappa shape index (κ1) is 55.5. The predicted molar refractivity (Wildman–Crippen MR) is 253 cm³/mol. The summed E-state index contributed by atoms with van der Waals surface area (Å²) in [5.41, 5.74) is 4.76. The molecule has 0 atom stereocenters. The van der Waals surface area contributed by atoms with Gasteiger partial charge in [-0.15, -0.1) is 15.3 Å². The highest BCUT2D eigenvalue weighted by atomic mass is 32.3. The Kier molecular flexibility index (Phi) is 18.6. The molecule has 5 aromatic rings. The fourth-order valence-electron chi connectivity index (χ4n) is 5.14. The average Bonchev–Trinajstić information content (AvgIpc) is 3.26. The number of carbonyl (C=O) groups is 3. The van der Waals surface area contributed by atoms with Crippen molar-refractivity contribution < 1.29 is 80.2 Å². The quantitative estimate of drug-likeness (QED) is 0.0104. The number of carboxylic acids is 1. The molecule has 380 valence electrons. The number of aromatic nitrogens is 3. The molecule has 0 unspecified atom stereocenters. The largest absolute Gasteiger partial charge is 0.481 e. The Labute approximate surface area is 415 Å². The molecule has 4 aromatic carbocycles. The summed E-state index contributed by atoms with van der Waals surface area (Å²) in [7, 11) is -18.9. The number of thioether (sulfide) groups is 2. The number of nitrogens with one attached hydrogen (secondary N) is 4. The first-order valence-corrected chi connectivity index (χ1v) is 26.5. The smallest absolute Gasteiger partial charge is 0.433 e. The van der Waals surface area contributed by atoms with Crippen LogP contribution >= 0.6 is 23.5 Å². The van der Waals surface area contributed by atoms with Gasteiger partial charge in [0.1, 0.15) is 22.0 Å². The number of nitrogens with zero attached hydrogens (tertiary/aromatic N) is 7. The lowest BCUT2D eigenvalue weighted by molar-refractivity contribution is -0.135. The number of carboxylic acid groups (broad SMARTS) is 1. The van der Waals surface area contributed by atoms with Gasteiger partial charge in [-0.1, -0.05) is 11.8 Å². The van der Waals surface area contributed by atoms with Gasteiger partial charge in [0.15, 0.2) is 21.1 Å². The third-order valence-electron chi connectivity index (χ3n) is 7.92. The fourth-order valence-corrected chi connectivity index (χ4v) is 8.39. The summed E-state index contributed by atoms with van der Waals surface area (Å²) >= 11 is 1.57. The van der Waals surface area contributed by atoms with E-state index in [0.717, 1.165) is 30.8 Å². The van der Waals surface area contributed by atoms with Crippen molar-refractivity contribution in [2.45, 2.75) is 26.8 Å². The number of anilines is 6. The number of amides is 3. The van der Waals surface area contributed by atoms with E-state index in [1.54, 1.807) is 0 Å². The summed E-state index contributed by atoms with van der Waals surface area (Å²) in [6.45, 7) is 0.288. The molecule has 0 radical (unpaired) electrons. The number of aliphatic carboxylic acids is 1. The topological polar surface area (TPSA) is 459 Å². The Morgan fingerprint density at radius 3 is 1.93 bits per heavy atom. The predicted octanol–water partition coefficient (Wildman–Crippen LogP) is 5.42. The minimum Gasteiger partial charge on any atom is -0.481 e. The van der Waals surface area contributed by atoms with Crippen molar-refractivity contribution in [1.29, 1.82) is 0 Å². The van der Waals surface area contributed by atoms with Gasteiger partial charge in [0, 0.05) is 28.4 Å². The van der Waals surface area contributed by atoms with Gasteiger partial charge < -0.3 is 32.1 Å². The Morgan fingerprint density at radius 2 is 1.33 bits per heavy atom. The van der Waals surface area contributed by atoms with Gasteiger partial charge in [-0.25, -0.2) is 17.4 Å². The molecule has 0 aliphatic rings. The highest BCUT2D eigenvalue weighted by Gasteiger charge is 2.22. The normalized spacial score (nSPS) is 11.9. The second kappa shape index (κ2) is 24.1. The number of benzene rings is 4. The molecule has 0 aliphatic carbocycles. The second-order valence-electron chi connectivity index (χ2n) is 13.3. The molecule has 0 fully saturated rings. The van der Waals surface area contributed by atoms with Crippen LogP contribution in [0.2, 0.25) is 0 Å². The minimum absolute atomic E-state index is 0.100. The van der Waals surface area contributed by atoms with Crippen LogP contribution in [0.4, 0.5) is 62.2 Å². The van der Waals surface area contributed by atoms with E-state index in [9.17, 15) is 57.7 Å². The lowest BCUT2D eigenvalue weighted by atomic mass is 10.2. The average molecular weight is 1110 g/mol. The Balaban J connectivity index is 1.41. The van der Waals surface area contributed by atoms with Crippen LogP contribution in [-0.4, -0.2) is 103 Å². The Bertz CT molecular complexity index is 3470. The summed E-state index contributed by atoms with van der Waals surface area (Å²) in [6.07, 6.45) is 1.88. The van der Waals surface area contributed by atoms with Gasteiger partial charge in [0.25, 0.3) is 10.1 Å². The third-order valence-corrected chi connectivity index (χ3v) is 12.7. The van der Waals surface area contributed by atoms with Gasteiger partial charge in [-0.05, 0) is 95.0 Å². The minimum atomic E-state index is -5.10. The van der Waals surface area contributed by atoms with E-state index in [2.05, 4.69) is 75.3 Å². The third kappa shape index (κ3) is 18.4. The van der Waals surface area contributed by atoms with Crippen LogP contribution in [0, 0.1) is 11.4 Å². The van der Waals surface area contributed by atoms with Crippen molar-refractivity contribution in [2.24, 2.45) is 26.2 Å². The van der Waals surface area contributed by atoms with Crippen molar-refractivity contribution in [3.05, 3.63) is 78.9 Å². The summed E-state index contributed by atoms with van der Waals surface area (Å²) in [4.78, 5) is 51.8. The molecule has 0 saturated heterocycles. The van der Waals surface area contributed by atoms with Crippen molar-refractivity contribution >= 4 is 140 Å². The van der Waals surface area contributed by atoms with Crippen LogP contribution in [0.1, 0.15) is 6.92 Å². The van der Waals surface area contributed by atoms with Crippen molar-refractivity contribution in [1.82, 2.24) is 15.0 Å². The zero-order valence-corrected chi connectivity index (χ0v) is 40.7. The molecule has 0 bridgehead atoms. The summed E-state index contributed by atoms with van der Waals surface area (Å²) in [6, 6.07) is 15.6. The standard InChI is InChI=1S/C36H32N12O18S6/c1-20(49)38-28-17-30(31(70(55,56)57)18-29(28)47-45-22-2-7-24(8-3-22)67-14-12-64-66-72(61,62)63)48-46-26-11-6-23(16-27(26)41-33(37)52)40-35-42-34(43-36(44-35)68-19-32(50)51)39-21-4-9-25(10-5-21)69(53,54)15-13-65-71(58,59)60/h2-11,16-18H,13,15,19H2,1H3,(H,38,49)(H,50,51)(H3,37,41,52)(H,55,56,57)(H,58,59,60)(H,61,62,63)(H2,39,40,42,43,44). The lowest BCUT2D eigenvalue weighted by Crippen LogP contribution is -2.19. The maximum absolute atomic E-state index is 12.6. The molecule has 0 spiro atoms. The van der Waals surface area contributed by atoms with E-state index in [4.69, 9.17) is 14.8 Å². The molecule has 1 aromatic heterocycles. The zero-order chi connectivity index (χ0) is 52.9. The van der Waals surface area contributed by atoms with E-state index < -0.39 is 87.4 Å². The molecule has 3 amide bonds. The molecule has 72 heavy (non-hydrogen) atoms. The molecule has 5 rings (SSSR count). The molecule has 0 aliphatic heterocycles. The maximum Gasteiger partial charge on any atom is 0.433 e. The second-order valence-corrected chi connectivity index (χ2v) is 20.7. The zero-order valence-electron chi connectivity index (χ0n) is 35.8. The van der Waals surface area contributed by atoms with Gasteiger partial charge in [-0.2, -0.15) is 45.3 Å². The van der Waals surface area contributed by atoms with E-state index >= 15 is 0 Å². The fraction of sp³-hybridized carbons (Fsp3) is 0.111.